The molecule has 0 N–H and O–H groups in total. The van der Waals surface area contributed by atoms with Crippen LogP contribution in [0.1, 0.15) is 24.9 Å². The van der Waals surface area contributed by atoms with Crippen LogP contribution in [-0.2, 0) is 9.53 Å². The summed E-state index contributed by atoms with van der Waals surface area (Å²) in [6.07, 6.45) is 0.0953. The number of hydrogen-bond acceptors (Lipinski definition) is 3. The van der Waals surface area contributed by atoms with Crippen molar-refractivity contribution in [2.24, 2.45) is 0 Å². The van der Waals surface area contributed by atoms with Crippen LogP contribution in [0, 0.1) is 5.82 Å². The van der Waals surface area contributed by atoms with Crippen molar-refractivity contribution in [3.63, 3.8) is 0 Å². The van der Waals surface area contributed by atoms with E-state index in [1.807, 2.05) is 0 Å². The molecule has 5 heteroatoms. The van der Waals surface area contributed by atoms with Crippen LogP contribution in [0.5, 0.6) is 0 Å². The number of rotatable bonds is 5. The van der Waals surface area contributed by atoms with Gasteiger partial charge in [-0.3, -0.25) is 4.79 Å². The molecule has 0 fully saturated rings. The van der Waals surface area contributed by atoms with E-state index in [-0.39, 0.29) is 24.2 Å². The second-order valence-corrected chi connectivity index (χ2v) is 4.59. The molecule has 0 aliphatic rings. The first-order valence-corrected chi connectivity index (χ1v) is 6.10. The van der Waals surface area contributed by atoms with Gasteiger partial charge >= 0.3 is 5.97 Å². The molecule has 0 aromatic heterocycles. The highest BCUT2D eigenvalue weighted by atomic mass is 35.5. The van der Waals surface area contributed by atoms with Crippen molar-refractivity contribution in [2.45, 2.75) is 19.4 Å². The molecule has 1 rings (SSSR count). The highest BCUT2D eigenvalue weighted by Crippen LogP contribution is 2.27. The molecule has 0 bridgehead atoms. The average molecular weight is 274 g/mol. The Morgan fingerprint density at radius 3 is 2.72 bits per heavy atom. The summed E-state index contributed by atoms with van der Waals surface area (Å²) in [4.78, 5) is 13.3. The first kappa shape index (κ1) is 14.9. The van der Waals surface area contributed by atoms with Crippen molar-refractivity contribution < 1.29 is 13.9 Å². The zero-order chi connectivity index (χ0) is 13.7. The third kappa shape index (κ3) is 3.96. The van der Waals surface area contributed by atoms with E-state index in [0.717, 1.165) is 0 Å². The van der Waals surface area contributed by atoms with E-state index in [1.165, 1.54) is 12.1 Å². The normalized spacial score (nSPS) is 12.6. The lowest BCUT2D eigenvalue weighted by Crippen LogP contribution is -2.24. The molecule has 0 aliphatic carbocycles. The largest absolute Gasteiger partial charge is 0.466 e. The molecule has 100 valence electrons. The second-order valence-electron chi connectivity index (χ2n) is 4.15. The van der Waals surface area contributed by atoms with Gasteiger partial charge in [0, 0.05) is 16.6 Å². The Morgan fingerprint density at radius 1 is 1.50 bits per heavy atom. The summed E-state index contributed by atoms with van der Waals surface area (Å²) in [5, 5.41) is 0.446. The zero-order valence-corrected chi connectivity index (χ0v) is 11.5. The lowest BCUT2D eigenvalue weighted by atomic mass is 10.0. The number of hydrogen-bond donors (Lipinski definition) is 0. The molecule has 1 unspecified atom stereocenters. The number of esters is 1. The summed E-state index contributed by atoms with van der Waals surface area (Å²) in [5.74, 6) is -0.724. The molecule has 0 heterocycles. The average Bonchev–Trinajstić information content (AvgIpc) is 2.29. The molecule has 1 aromatic rings. The molecule has 0 spiro atoms. The van der Waals surface area contributed by atoms with Gasteiger partial charge in [-0.1, -0.05) is 11.6 Å². The number of ether oxygens (including phenoxy) is 1. The minimum absolute atomic E-state index is 0.0953. The van der Waals surface area contributed by atoms with Crippen molar-refractivity contribution in [3.8, 4) is 0 Å². The van der Waals surface area contributed by atoms with Crippen molar-refractivity contribution in [1.82, 2.24) is 4.90 Å². The molecular weight excluding hydrogens is 257 g/mol. The maximum atomic E-state index is 13.8. The number of carbonyl (C=O) groups is 1. The fraction of sp³-hybridized carbons (Fsp3) is 0.462. The fourth-order valence-electron chi connectivity index (χ4n) is 1.72. The Hall–Kier alpha value is -1.13. The van der Waals surface area contributed by atoms with E-state index in [0.29, 0.717) is 17.2 Å². The van der Waals surface area contributed by atoms with E-state index >= 15 is 0 Å². The summed E-state index contributed by atoms with van der Waals surface area (Å²) in [7, 11) is 3.56. The first-order valence-electron chi connectivity index (χ1n) is 5.72. The summed E-state index contributed by atoms with van der Waals surface area (Å²) in [5.41, 5.74) is 0.403. The molecule has 1 aromatic carbocycles. The van der Waals surface area contributed by atoms with Crippen LogP contribution < -0.4 is 0 Å². The Balaban J connectivity index is 2.97. The topological polar surface area (TPSA) is 29.5 Å². The minimum Gasteiger partial charge on any atom is -0.466 e. The van der Waals surface area contributed by atoms with E-state index in [9.17, 15) is 9.18 Å². The van der Waals surface area contributed by atoms with Gasteiger partial charge < -0.3 is 9.64 Å². The van der Waals surface area contributed by atoms with E-state index in [4.69, 9.17) is 16.3 Å². The molecule has 3 nitrogen and oxygen atoms in total. The molecule has 0 amide bonds. The molecule has 0 saturated carbocycles. The number of carbonyl (C=O) groups excluding carboxylic acids is 1. The van der Waals surface area contributed by atoms with E-state index in [1.54, 1.807) is 32.0 Å². The Kier molecular flexibility index (Phi) is 5.56. The van der Waals surface area contributed by atoms with Gasteiger partial charge in [0.1, 0.15) is 5.82 Å². The molecule has 0 saturated heterocycles. The molecule has 18 heavy (non-hydrogen) atoms. The van der Waals surface area contributed by atoms with Gasteiger partial charge in [-0.15, -0.1) is 0 Å². The van der Waals surface area contributed by atoms with Crippen LogP contribution in [0.2, 0.25) is 5.02 Å². The lowest BCUT2D eigenvalue weighted by Gasteiger charge is -2.24. The number of nitrogens with zero attached hydrogens (tertiary/aromatic N) is 1. The lowest BCUT2D eigenvalue weighted by molar-refractivity contribution is -0.144. The number of benzene rings is 1. The maximum absolute atomic E-state index is 13.8. The van der Waals surface area contributed by atoms with Crippen LogP contribution in [0.3, 0.4) is 0 Å². The number of halogens is 2. The Labute approximate surface area is 111 Å². The van der Waals surface area contributed by atoms with Gasteiger partial charge in [-0.25, -0.2) is 4.39 Å². The summed E-state index contributed by atoms with van der Waals surface area (Å²) < 4.78 is 18.7. The summed E-state index contributed by atoms with van der Waals surface area (Å²) >= 11 is 5.86. The van der Waals surface area contributed by atoms with Crippen LogP contribution in [-0.4, -0.2) is 31.6 Å². The zero-order valence-electron chi connectivity index (χ0n) is 10.7. The van der Waals surface area contributed by atoms with Gasteiger partial charge in [0.25, 0.3) is 0 Å². The predicted octanol–water partition coefficient (Wildman–Crippen LogP) is 3.04. The smallest absolute Gasteiger partial charge is 0.307 e. The van der Waals surface area contributed by atoms with Crippen LogP contribution in [0.4, 0.5) is 4.39 Å². The van der Waals surface area contributed by atoms with Gasteiger partial charge in [-0.2, -0.15) is 0 Å². The van der Waals surface area contributed by atoms with E-state index in [2.05, 4.69) is 0 Å². The molecule has 1 atom stereocenters. The van der Waals surface area contributed by atoms with E-state index < -0.39 is 0 Å². The summed E-state index contributed by atoms with van der Waals surface area (Å²) in [6, 6.07) is 3.94. The van der Waals surface area contributed by atoms with Gasteiger partial charge in [-0.05, 0) is 39.2 Å². The quantitative estimate of drug-likeness (QED) is 0.773. The molecule has 0 aliphatic heterocycles. The van der Waals surface area contributed by atoms with Crippen molar-refractivity contribution >= 4 is 17.6 Å². The minimum atomic E-state index is -0.386. The van der Waals surface area contributed by atoms with Crippen LogP contribution in [0.15, 0.2) is 18.2 Å². The monoisotopic (exact) mass is 273 g/mol. The SMILES string of the molecule is CCOC(=O)CC(c1cc(Cl)ccc1F)N(C)C. The van der Waals surface area contributed by atoms with Crippen LogP contribution >= 0.6 is 11.6 Å². The standard InChI is InChI=1S/C13H17ClFNO2/c1-4-18-13(17)8-12(16(2)3)10-7-9(14)5-6-11(10)15/h5-7,12H,4,8H2,1-3H3. The van der Waals surface area contributed by atoms with Crippen molar-refractivity contribution in [1.29, 1.82) is 0 Å². The first-order chi connectivity index (χ1) is 8.45. The van der Waals surface area contributed by atoms with Crippen molar-refractivity contribution in [3.05, 3.63) is 34.6 Å². The Bertz CT molecular complexity index is 423. The second kappa shape index (κ2) is 6.71. The van der Waals surface area contributed by atoms with Crippen LogP contribution in [0.25, 0.3) is 0 Å². The van der Waals surface area contributed by atoms with Gasteiger partial charge in [0.05, 0.1) is 13.0 Å². The third-order valence-electron chi connectivity index (χ3n) is 2.61. The van der Waals surface area contributed by atoms with Gasteiger partial charge in [0.2, 0.25) is 0 Å². The van der Waals surface area contributed by atoms with Gasteiger partial charge in [0.15, 0.2) is 0 Å². The third-order valence-corrected chi connectivity index (χ3v) is 2.84. The molecule has 0 radical (unpaired) electrons. The predicted molar refractivity (Wildman–Crippen MR) is 69.1 cm³/mol. The fourth-order valence-corrected chi connectivity index (χ4v) is 1.90. The highest BCUT2D eigenvalue weighted by molar-refractivity contribution is 6.30. The molecular formula is C13H17ClFNO2. The highest BCUT2D eigenvalue weighted by Gasteiger charge is 2.22. The summed E-state index contributed by atoms with van der Waals surface area (Å²) in [6.45, 7) is 2.06. The Morgan fingerprint density at radius 2 is 2.17 bits per heavy atom. The van der Waals surface area contributed by atoms with Crippen molar-refractivity contribution in [2.75, 3.05) is 20.7 Å². The maximum Gasteiger partial charge on any atom is 0.307 e.